The molecule has 0 saturated carbocycles. The number of amides is 1. The average molecular weight is 255 g/mol. The van der Waals surface area contributed by atoms with Crippen molar-refractivity contribution in [2.24, 2.45) is 11.8 Å². The highest BCUT2D eigenvalue weighted by Crippen LogP contribution is 2.15. The van der Waals surface area contributed by atoms with Crippen LogP contribution in [-0.4, -0.2) is 62.8 Å². The summed E-state index contributed by atoms with van der Waals surface area (Å²) >= 11 is 0. The van der Waals surface area contributed by atoms with Gasteiger partial charge in [0.05, 0.1) is 19.1 Å². The maximum Gasteiger partial charge on any atom is 0.224 e. The Kier molecular flexibility index (Phi) is 4.97. The Morgan fingerprint density at radius 3 is 2.78 bits per heavy atom. The number of carbonyl (C=O) groups is 1. The Morgan fingerprint density at radius 1 is 1.44 bits per heavy atom. The molecule has 18 heavy (non-hydrogen) atoms. The zero-order valence-electron chi connectivity index (χ0n) is 11.4. The quantitative estimate of drug-likeness (QED) is 0.723. The molecule has 3 unspecified atom stereocenters. The van der Waals surface area contributed by atoms with E-state index < -0.39 is 0 Å². The van der Waals surface area contributed by atoms with Crippen LogP contribution < -0.4 is 10.6 Å². The highest BCUT2D eigenvalue weighted by molar-refractivity contribution is 5.79. The monoisotopic (exact) mass is 255 g/mol. The summed E-state index contributed by atoms with van der Waals surface area (Å²) in [7, 11) is 0. The van der Waals surface area contributed by atoms with Gasteiger partial charge in [-0.2, -0.15) is 0 Å². The van der Waals surface area contributed by atoms with Gasteiger partial charge in [-0.25, -0.2) is 0 Å². The minimum atomic E-state index is 0.136. The van der Waals surface area contributed by atoms with Gasteiger partial charge in [0.1, 0.15) is 0 Å². The SMILES string of the molecule is CC(CN1CCOCC1)NC(=O)C1CNCC1C. The number of carbonyl (C=O) groups excluding carboxylic acids is 1. The number of ether oxygens (including phenoxy) is 1. The van der Waals surface area contributed by atoms with Gasteiger partial charge in [0.25, 0.3) is 0 Å². The van der Waals surface area contributed by atoms with Gasteiger partial charge in [0.15, 0.2) is 0 Å². The summed E-state index contributed by atoms with van der Waals surface area (Å²) in [4.78, 5) is 14.5. The van der Waals surface area contributed by atoms with Crippen molar-refractivity contribution < 1.29 is 9.53 Å². The molecule has 2 aliphatic rings. The Bertz CT molecular complexity index is 279. The zero-order chi connectivity index (χ0) is 13.0. The molecule has 5 nitrogen and oxygen atoms in total. The summed E-state index contributed by atoms with van der Waals surface area (Å²) in [5, 5.41) is 6.41. The predicted octanol–water partition coefficient (Wildman–Crippen LogP) is -0.321. The first-order valence-electron chi connectivity index (χ1n) is 6.98. The predicted molar refractivity (Wildman–Crippen MR) is 70.4 cm³/mol. The Hall–Kier alpha value is -0.650. The average Bonchev–Trinajstić information content (AvgIpc) is 2.76. The van der Waals surface area contributed by atoms with Crippen molar-refractivity contribution in [1.29, 1.82) is 0 Å². The molecule has 5 heteroatoms. The molecule has 0 aliphatic carbocycles. The topological polar surface area (TPSA) is 53.6 Å². The molecule has 0 radical (unpaired) electrons. The van der Waals surface area contributed by atoms with Gasteiger partial charge in [0, 0.05) is 32.2 Å². The Morgan fingerprint density at radius 2 is 2.17 bits per heavy atom. The lowest BCUT2D eigenvalue weighted by molar-refractivity contribution is -0.126. The Balaban J connectivity index is 1.72. The van der Waals surface area contributed by atoms with Gasteiger partial charge in [-0.05, 0) is 19.4 Å². The van der Waals surface area contributed by atoms with E-state index in [2.05, 4.69) is 29.4 Å². The van der Waals surface area contributed by atoms with E-state index in [-0.39, 0.29) is 17.9 Å². The van der Waals surface area contributed by atoms with E-state index in [9.17, 15) is 4.79 Å². The van der Waals surface area contributed by atoms with E-state index in [1.165, 1.54) is 0 Å². The van der Waals surface area contributed by atoms with Crippen molar-refractivity contribution >= 4 is 5.91 Å². The van der Waals surface area contributed by atoms with E-state index in [0.29, 0.717) is 5.92 Å². The molecular formula is C13H25N3O2. The van der Waals surface area contributed by atoms with Crippen LogP contribution in [0.5, 0.6) is 0 Å². The van der Waals surface area contributed by atoms with Gasteiger partial charge < -0.3 is 15.4 Å². The van der Waals surface area contributed by atoms with Crippen LogP contribution in [-0.2, 0) is 9.53 Å². The molecular weight excluding hydrogens is 230 g/mol. The van der Waals surface area contributed by atoms with Gasteiger partial charge in [-0.1, -0.05) is 6.92 Å². The molecule has 2 aliphatic heterocycles. The lowest BCUT2D eigenvalue weighted by atomic mass is 9.97. The fourth-order valence-corrected chi connectivity index (χ4v) is 2.73. The third-order valence-corrected chi connectivity index (χ3v) is 3.88. The van der Waals surface area contributed by atoms with E-state index >= 15 is 0 Å². The second-order valence-corrected chi connectivity index (χ2v) is 5.56. The fourth-order valence-electron chi connectivity index (χ4n) is 2.73. The normalized spacial score (nSPS) is 31.2. The minimum absolute atomic E-state index is 0.136. The fraction of sp³-hybridized carbons (Fsp3) is 0.923. The van der Waals surface area contributed by atoms with Crippen molar-refractivity contribution in [1.82, 2.24) is 15.5 Å². The van der Waals surface area contributed by atoms with Crippen LogP contribution in [0.4, 0.5) is 0 Å². The number of rotatable bonds is 4. The first-order chi connectivity index (χ1) is 8.66. The van der Waals surface area contributed by atoms with Crippen molar-refractivity contribution in [2.45, 2.75) is 19.9 Å². The molecule has 104 valence electrons. The van der Waals surface area contributed by atoms with E-state index in [4.69, 9.17) is 4.74 Å². The van der Waals surface area contributed by atoms with Crippen molar-refractivity contribution in [3.05, 3.63) is 0 Å². The van der Waals surface area contributed by atoms with Crippen LogP contribution in [0.25, 0.3) is 0 Å². The third-order valence-electron chi connectivity index (χ3n) is 3.88. The van der Waals surface area contributed by atoms with Gasteiger partial charge in [-0.3, -0.25) is 9.69 Å². The van der Waals surface area contributed by atoms with Crippen LogP contribution in [0.2, 0.25) is 0 Å². The third kappa shape index (κ3) is 3.67. The number of nitrogens with one attached hydrogen (secondary N) is 2. The van der Waals surface area contributed by atoms with Crippen molar-refractivity contribution in [2.75, 3.05) is 45.9 Å². The van der Waals surface area contributed by atoms with E-state index in [0.717, 1.165) is 45.9 Å². The summed E-state index contributed by atoms with van der Waals surface area (Å²) in [5.74, 6) is 0.783. The number of morpholine rings is 1. The van der Waals surface area contributed by atoms with Gasteiger partial charge >= 0.3 is 0 Å². The van der Waals surface area contributed by atoms with Crippen molar-refractivity contribution in [3.63, 3.8) is 0 Å². The Labute approximate surface area is 109 Å². The van der Waals surface area contributed by atoms with Crippen LogP contribution in [0.3, 0.4) is 0 Å². The summed E-state index contributed by atoms with van der Waals surface area (Å²) in [6, 6.07) is 0.211. The molecule has 2 rings (SSSR count). The molecule has 1 amide bonds. The maximum absolute atomic E-state index is 12.1. The molecule has 0 aromatic heterocycles. The number of nitrogens with zero attached hydrogens (tertiary/aromatic N) is 1. The molecule has 2 heterocycles. The van der Waals surface area contributed by atoms with Gasteiger partial charge in [0.2, 0.25) is 5.91 Å². The summed E-state index contributed by atoms with van der Waals surface area (Å²) < 4.78 is 5.32. The van der Waals surface area contributed by atoms with E-state index in [1.807, 2.05) is 0 Å². The minimum Gasteiger partial charge on any atom is -0.379 e. The second-order valence-electron chi connectivity index (χ2n) is 5.56. The van der Waals surface area contributed by atoms with Crippen molar-refractivity contribution in [3.8, 4) is 0 Å². The highest BCUT2D eigenvalue weighted by atomic mass is 16.5. The molecule has 3 atom stereocenters. The summed E-state index contributed by atoms with van der Waals surface area (Å²) in [5.41, 5.74) is 0. The second kappa shape index (κ2) is 6.50. The molecule has 0 aromatic carbocycles. The summed E-state index contributed by atoms with van der Waals surface area (Å²) in [6.45, 7) is 10.5. The first-order valence-corrected chi connectivity index (χ1v) is 6.98. The lowest BCUT2D eigenvalue weighted by Gasteiger charge is -2.30. The maximum atomic E-state index is 12.1. The highest BCUT2D eigenvalue weighted by Gasteiger charge is 2.30. The zero-order valence-corrected chi connectivity index (χ0v) is 11.4. The molecule has 2 N–H and O–H groups in total. The number of hydrogen-bond acceptors (Lipinski definition) is 4. The van der Waals surface area contributed by atoms with Crippen LogP contribution in [0, 0.1) is 11.8 Å². The molecule has 0 spiro atoms. The van der Waals surface area contributed by atoms with Crippen LogP contribution in [0.1, 0.15) is 13.8 Å². The van der Waals surface area contributed by atoms with Crippen LogP contribution >= 0.6 is 0 Å². The van der Waals surface area contributed by atoms with E-state index in [1.54, 1.807) is 0 Å². The first kappa shape index (κ1) is 13.8. The van der Waals surface area contributed by atoms with Crippen LogP contribution in [0.15, 0.2) is 0 Å². The smallest absolute Gasteiger partial charge is 0.224 e. The molecule has 0 aromatic rings. The molecule has 2 saturated heterocycles. The standard InChI is InChI=1S/C13H25N3O2/c1-10-7-14-8-12(10)13(17)15-11(2)9-16-3-5-18-6-4-16/h10-12,14H,3-9H2,1-2H3,(H,15,17). The lowest BCUT2D eigenvalue weighted by Crippen LogP contribution is -2.48. The summed E-state index contributed by atoms with van der Waals surface area (Å²) in [6.07, 6.45) is 0. The molecule has 0 bridgehead atoms. The van der Waals surface area contributed by atoms with Gasteiger partial charge in [-0.15, -0.1) is 0 Å². The molecule has 2 fully saturated rings. The number of hydrogen-bond donors (Lipinski definition) is 2. The largest absolute Gasteiger partial charge is 0.379 e.